The first-order chi connectivity index (χ1) is 16.0. The van der Waals surface area contributed by atoms with Crippen LogP contribution in [-0.2, 0) is 22.6 Å². The van der Waals surface area contributed by atoms with Gasteiger partial charge in [-0.05, 0) is 41.8 Å². The van der Waals surface area contributed by atoms with Crippen LogP contribution in [0.25, 0.3) is 10.9 Å². The Morgan fingerprint density at radius 3 is 2.58 bits per heavy atom. The van der Waals surface area contributed by atoms with E-state index in [2.05, 4.69) is 15.6 Å². The Balaban J connectivity index is 1.51. The Hall–Kier alpha value is -4.26. The molecule has 1 atom stereocenters. The third-order valence-electron chi connectivity index (χ3n) is 5.33. The highest BCUT2D eigenvalue weighted by atomic mass is 16.5. The van der Waals surface area contributed by atoms with Crippen molar-refractivity contribution in [1.82, 2.24) is 10.3 Å². The highest BCUT2D eigenvalue weighted by Gasteiger charge is 2.24. The molecule has 4 rings (SSSR count). The number of carbonyl (C=O) groups excluding carboxylic acids is 2. The number of hydrogen-bond acceptors (Lipinski definition) is 4. The monoisotopic (exact) mass is 443 g/mol. The van der Waals surface area contributed by atoms with Crippen molar-refractivity contribution in [1.29, 1.82) is 0 Å². The van der Waals surface area contributed by atoms with Crippen LogP contribution in [0.4, 0.5) is 10.5 Å². The van der Waals surface area contributed by atoms with E-state index in [1.54, 1.807) is 18.2 Å². The van der Waals surface area contributed by atoms with E-state index in [-0.39, 0.29) is 24.5 Å². The van der Waals surface area contributed by atoms with Gasteiger partial charge in [0.05, 0.1) is 5.69 Å². The second-order valence-corrected chi connectivity index (χ2v) is 7.83. The van der Waals surface area contributed by atoms with Gasteiger partial charge in [-0.25, -0.2) is 4.79 Å². The molecular formula is C26H25N3O4. The Bertz CT molecular complexity index is 1270. The molecule has 0 unspecified atom stereocenters. The van der Waals surface area contributed by atoms with E-state index < -0.39 is 18.0 Å². The normalized spacial score (nSPS) is 11.7. The third-order valence-corrected chi connectivity index (χ3v) is 5.33. The second-order valence-electron chi connectivity index (χ2n) is 7.83. The van der Waals surface area contributed by atoms with Crippen LogP contribution in [0.5, 0.6) is 5.75 Å². The first-order valence-electron chi connectivity index (χ1n) is 10.6. The minimum atomic E-state index is -0.923. The van der Waals surface area contributed by atoms with Gasteiger partial charge in [0.25, 0.3) is 0 Å². The zero-order chi connectivity index (χ0) is 23.2. The molecule has 0 aliphatic rings. The number of aromatic nitrogens is 1. The number of hydrogen-bond donors (Lipinski definition) is 4. The number of aromatic hydroxyl groups is 1. The van der Waals surface area contributed by atoms with E-state index >= 15 is 0 Å². The first-order valence-corrected chi connectivity index (χ1v) is 10.6. The smallest absolute Gasteiger partial charge is 0.408 e. The maximum atomic E-state index is 13.1. The minimum absolute atomic E-state index is 0.0409. The number of phenolic OH excluding ortho intramolecular Hbond substituents is 1. The fraction of sp³-hybridized carbons (Fsp3) is 0.154. The number of ether oxygens (including phenoxy) is 1. The summed E-state index contributed by atoms with van der Waals surface area (Å²) in [6, 6.07) is 21.1. The zero-order valence-corrected chi connectivity index (χ0v) is 18.2. The molecule has 1 aromatic heterocycles. The molecule has 0 saturated heterocycles. The topological polar surface area (TPSA) is 103 Å². The Morgan fingerprint density at radius 1 is 1.03 bits per heavy atom. The van der Waals surface area contributed by atoms with Crippen LogP contribution in [0.15, 0.2) is 79.0 Å². The van der Waals surface area contributed by atoms with Crippen LogP contribution in [0.3, 0.4) is 0 Å². The number of anilines is 1. The van der Waals surface area contributed by atoms with Gasteiger partial charge in [-0.1, -0.05) is 54.6 Å². The number of phenols is 1. The molecule has 1 heterocycles. The van der Waals surface area contributed by atoms with Crippen LogP contribution in [0.1, 0.15) is 16.7 Å². The SMILES string of the molecule is Cc1ccc(NC(=O)[C@H](Cc2c[nH]c3ccccc23)NC(=O)OCc2ccccc2)c(O)c1. The summed E-state index contributed by atoms with van der Waals surface area (Å²) in [4.78, 5) is 28.8. The Labute approximate surface area is 191 Å². The number of amides is 2. The molecule has 3 aromatic carbocycles. The molecule has 4 aromatic rings. The number of para-hydroxylation sites is 1. The van der Waals surface area contributed by atoms with Gasteiger partial charge in [-0.3, -0.25) is 4.79 Å². The number of H-pyrrole nitrogens is 1. The van der Waals surface area contributed by atoms with E-state index in [9.17, 15) is 14.7 Å². The molecule has 33 heavy (non-hydrogen) atoms. The van der Waals surface area contributed by atoms with Gasteiger partial charge in [0.15, 0.2) is 0 Å². The van der Waals surface area contributed by atoms with Crippen molar-refractivity contribution in [3.63, 3.8) is 0 Å². The number of aryl methyl sites for hydroxylation is 1. The van der Waals surface area contributed by atoms with Crippen molar-refractivity contribution in [3.05, 3.63) is 95.7 Å². The van der Waals surface area contributed by atoms with Crippen LogP contribution in [0, 0.1) is 6.92 Å². The summed E-state index contributed by atoms with van der Waals surface area (Å²) in [6.45, 7) is 1.93. The van der Waals surface area contributed by atoms with Gasteiger partial charge in [-0.15, -0.1) is 0 Å². The lowest BCUT2D eigenvalue weighted by atomic mass is 10.0. The number of aromatic amines is 1. The molecule has 0 spiro atoms. The van der Waals surface area contributed by atoms with Crippen molar-refractivity contribution in [3.8, 4) is 5.75 Å². The maximum absolute atomic E-state index is 13.1. The van der Waals surface area contributed by atoms with Crippen molar-refractivity contribution in [2.24, 2.45) is 0 Å². The molecule has 0 radical (unpaired) electrons. The summed E-state index contributed by atoms with van der Waals surface area (Å²) < 4.78 is 5.32. The van der Waals surface area contributed by atoms with E-state index in [4.69, 9.17) is 4.74 Å². The lowest BCUT2D eigenvalue weighted by Crippen LogP contribution is -2.45. The zero-order valence-electron chi connectivity index (χ0n) is 18.2. The number of rotatable bonds is 7. The summed E-state index contributed by atoms with van der Waals surface area (Å²) in [7, 11) is 0. The lowest BCUT2D eigenvalue weighted by Gasteiger charge is -2.19. The molecule has 168 valence electrons. The van der Waals surface area contributed by atoms with Crippen molar-refractivity contribution >= 4 is 28.6 Å². The molecule has 0 aliphatic heterocycles. The van der Waals surface area contributed by atoms with Crippen LogP contribution in [0.2, 0.25) is 0 Å². The summed E-state index contributed by atoms with van der Waals surface area (Å²) in [5.41, 5.74) is 3.80. The molecular weight excluding hydrogens is 418 g/mol. The van der Waals surface area contributed by atoms with Gasteiger partial charge in [-0.2, -0.15) is 0 Å². The largest absolute Gasteiger partial charge is 0.506 e. The van der Waals surface area contributed by atoms with Crippen LogP contribution >= 0.6 is 0 Å². The number of alkyl carbamates (subject to hydrolysis) is 1. The highest BCUT2D eigenvalue weighted by molar-refractivity contribution is 5.98. The number of benzene rings is 3. The average molecular weight is 444 g/mol. The lowest BCUT2D eigenvalue weighted by molar-refractivity contribution is -0.118. The van der Waals surface area contributed by atoms with E-state index in [0.717, 1.165) is 27.6 Å². The predicted octanol–water partition coefficient (Wildman–Crippen LogP) is 4.66. The minimum Gasteiger partial charge on any atom is -0.506 e. The van der Waals surface area contributed by atoms with E-state index in [1.165, 1.54) is 0 Å². The van der Waals surface area contributed by atoms with Crippen LogP contribution in [-0.4, -0.2) is 28.1 Å². The highest BCUT2D eigenvalue weighted by Crippen LogP contribution is 2.25. The Morgan fingerprint density at radius 2 is 1.79 bits per heavy atom. The molecule has 0 saturated carbocycles. The fourth-order valence-electron chi connectivity index (χ4n) is 3.60. The summed E-state index contributed by atoms with van der Waals surface area (Å²) in [5.74, 6) is -0.503. The fourth-order valence-corrected chi connectivity index (χ4v) is 3.60. The molecule has 7 nitrogen and oxygen atoms in total. The maximum Gasteiger partial charge on any atom is 0.408 e. The summed E-state index contributed by atoms with van der Waals surface area (Å²) in [6.07, 6.45) is 1.36. The van der Waals surface area contributed by atoms with Crippen molar-refractivity contribution in [2.75, 3.05) is 5.32 Å². The van der Waals surface area contributed by atoms with Gasteiger partial charge in [0.1, 0.15) is 18.4 Å². The quantitative estimate of drug-likeness (QED) is 0.312. The summed E-state index contributed by atoms with van der Waals surface area (Å²) >= 11 is 0. The molecule has 0 aliphatic carbocycles. The standard InChI is InChI=1S/C26H25N3O4/c1-17-11-12-22(24(30)13-17)28-25(31)23(14-19-15-27-21-10-6-5-9-20(19)21)29-26(32)33-16-18-7-3-2-4-8-18/h2-13,15,23,27,30H,14,16H2,1H3,(H,28,31)(H,29,32)/t23-/m0/s1. The number of carbonyl (C=O) groups is 2. The van der Waals surface area contributed by atoms with E-state index in [0.29, 0.717) is 0 Å². The molecule has 4 N–H and O–H groups in total. The van der Waals surface area contributed by atoms with Crippen LogP contribution < -0.4 is 10.6 Å². The first kappa shape index (κ1) is 22.0. The van der Waals surface area contributed by atoms with Gasteiger partial charge < -0.3 is 25.5 Å². The van der Waals surface area contributed by atoms with Crippen molar-refractivity contribution < 1.29 is 19.4 Å². The Kier molecular flexibility index (Phi) is 6.59. The number of fused-ring (bicyclic) bond motifs is 1. The van der Waals surface area contributed by atoms with Gasteiger partial charge >= 0.3 is 6.09 Å². The summed E-state index contributed by atoms with van der Waals surface area (Å²) in [5, 5.41) is 16.5. The van der Waals surface area contributed by atoms with Gasteiger partial charge in [0.2, 0.25) is 5.91 Å². The predicted molar refractivity (Wildman–Crippen MR) is 127 cm³/mol. The molecule has 0 fully saturated rings. The molecule has 7 heteroatoms. The molecule has 2 amide bonds. The average Bonchev–Trinajstić information content (AvgIpc) is 3.22. The van der Waals surface area contributed by atoms with Crippen molar-refractivity contribution in [2.45, 2.75) is 26.0 Å². The van der Waals surface area contributed by atoms with Gasteiger partial charge in [0, 0.05) is 23.5 Å². The van der Waals surface area contributed by atoms with E-state index in [1.807, 2.05) is 67.7 Å². The molecule has 0 bridgehead atoms. The second kappa shape index (κ2) is 9.91. The third kappa shape index (κ3) is 5.51. The number of nitrogens with one attached hydrogen (secondary N) is 3.